The van der Waals surface area contributed by atoms with Gasteiger partial charge in [-0.1, -0.05) is 6.92 Å². The Morgan fingerprint density at radius 1 is 1.41 bits per heavy atom. The fourth-order valence-electron chi connectivity index (χ4n) is 1.57. The van der Waals surface area contributed by atoms with Gasteiger partial charge >= 0.3 is 0 Å². The van der Waals surface area contributed by atoms with E-state index in [9.17, 15) is 8.42 Å². The first kappa shape index (κ1) is 12.3. The molecule has 17 heavy (non-hydrogen) atoms. The van der Waals surface area contributed by atoms with Crippen molar-refractivity contribution in [3.8, 4) is 0 Å². The van der Waals surface area contributed by atoms with Gasteiger partial charge in [-0.25, -0.2) is 13.4 Å². The van der Waals surface area contributed by atoms with Gasteiger partial charge in [0.05, 0.1) is 27.2 Å². The lowest BCUT2D eigenvalue weighted by atomic mass is 10.3. The maximum atomic E-state index is 11.1. The molecule has 1 N–H and O–H groups in total. The summed E-state index contributed by atoms with van der Waals surface area (Å²) in [6.07, 6.45) is 3.18. The number of sulfonamides is 1. The van der Waals surface area contributed by atoms with Gasteiger partial charge in [-0.3, -0.25) is 4.72 Å². The molecule has 0 aliphatic rings. The minimum Gasteiger partial charge on any atom is -0.284 e. The molecular weight excluding hydrogens is 256 g/mol. The molecule has 0 saturated heterocycles. The van der Waals surface area contributed by atoms with E-state index in [0.29, 0.717) is 5.69 Å². The molecule has 1 aromatic carbocycles. The predicted octanol–water partition coefficient (Wildman–Crippen LogP) is 2.62. The number of fused-ring (bicyclic) bond motifs is 1. The highest BCUT2D eigenvalue weighted by atomic mass is 32.2. The minimum absolute atomic E-state index is 0.590. The van der Waals surface area contributed by atoms with Crippen LogP contribution in [0.2, 0.25) is 0 Å². The van der Waals surface area contributed by atoms with Crippen LogP contribution in [0.4, 0.5) is 5.69 Å². The van der Waals surface area contributed by atoms with Crippen LogP contribution >= 0.6 is 11.3 Å². The Bertz CT molecular complexity index is 632. The van der Waals surface area contributed by atoms with E-state index < -0.39 is 10.0 Å². The van der Waals surface area contributed by atoms with E-state index in [-0.39, 0.29) is 0 Å². The van der Waals surface area contributed by atoms with Crippen LogP contribution in [0.5, 0.6) is 0 Å². The van der Waals surface area contributed by atoms with Crippen molar-refractivity contribution in [2.45, 2.75) is 19.8 Å². The van der Waals surface area contributed by atoms with Gasteiger partial charge in [-0.05, 0) is 31.0 Å². The van der Waals surface area contributed by atoms with Crippen molar-refractivity contribution in [3.63, 3.8) is 0 Å². The summed E-state index contributed by atoms with van der Waals surface area (Å²) in [4.78, 5) is 4.48. The molecule has 0 bridgehead atoms. The van der Waals surface area contributed by atoms with Crippen LogP contribution in [-0.2, 0) is 16.4 Å². The van der Waals surface area contributed by atoms with Crippen molar-refractivity contribution < 1.29 is 8.42 Å². The van der Waals surface area contributed by atoms with Gasteiger partial charge in [0.15, 0.2) is 0 Å². The Balaban J connectivity index is 2.36. The number of nitrogens with zero attached hydrogens (tertiary/aromatic N) is 1. The molecule has 0 aliphatic carbocycles. The van der Waals surface area contributed by atoms with Gasteiger partial charge in [0.2, 0.25) is 10.0 Å². The summed E-state index contributed by atoms with van der Waals surface area (Å²) in [6.45, 7) is 2.11. The molecular formula is C11H14N2O2S2. The third-order valence-corrected chi connectivity index (χ3v) is 3.88. The van der Waals surface area contributed by atoms with E-state index >= 15 is 0 Å². The van der Waals surface area contributed by atoms with Gasteiger partial charge in [0, 0.05) is 0 Å². The maximum absolute atomic E-state index is 11.1. The van der Waals surface area contributed by atoms with E-state index in [0.717, 1.165) is 34.3 Å². The highest BCUT2D eigenvalue weighted by Gasteiger charge is 2.06. The van der Waals surface area contributed by atoms with Crippen molar-refractivity contribution >= 4 is 37.3 Å². The summed E-state index contributed by atoms with van der Waals surface area (Å²) in [7, 11) is -3.22. The SMILES string of the molecule is CCCc1nc2ccc(NS(C)(=O)=O)cc2s1. The lowest BCUT2D eigenvalue weighted by Crippen LogP contribution is -2.09. The molecule has 2 aromatic rings. The topological polar surface area (TPSA) is 59.1 Å². The summed E-state index contributed by atoms with van der Waals surface area (Å²) in [5.74, 6) is 0. The molecule has 92 valence electrons. The van der Waals surface area contributed by atoms with Crippen molar-refractivity contribution in [1.82, 2.24) is 4.98 Å². The number of rotatable bonds is 4. The van der Waals surface area contributed by atoms with Gasteiger partial charge < -0.3 is 0 Å². The number of benzene rings is 1. The fourth-order valence-corrected chi connectivity index (χ4v) is 3.23. The Morgan fingerprint density at radius 2 is 2.18 bits per heavy atom. The van der Waals surface area contributed by atoms with Gasteiger partial charge in [-0.2, -0.15) is 0 Å². The second kappa shape index (κ2) is 4.62. The van der Waals surface area contributed by atoms with E-state index in [1.54, 1.807) is 17.4 Å². The number of anilines is 1. The summed E-state index contributed by atoms with van der Waals surface area (Å²) >= 11 is 1.62. The van der Waals surface area contributed by atoms with Crippen LogP contribution in [0.15, 0.2) is 18.2 Å². The van der Waals surface area contributed by atoms with Crippen molar-refractivity contribution in [2.75, 3.05) is 11.0 Å². The molecule has 6 heteroatoms. The average Bonchev–Trinajstić information content (AvgIpc) is 2.57. The zero-order valence-electron chi connectivity index (χ0n) is 9.73. The Hall–Kier alpha value is -1.14. The van der Waals surface area contributed by atoms with Crippen LogP contribution in [0, 0.1) is 0 Å². The number of hydrogen-bond donors (Lipinski definition) is 1. The second-order valence-corrected chi connectivity index (χ2v) is 6.78. The van der Waals surface area contributed by atoms with Gasteiger partial charge in [-0.15, -0.1) is 11.3 Å². The normalized spacial score (nSPS) is 11.9. The van der Waals surface area contributed by atoms with E-state index in [1.165, 1.54) is 0 Å². The Labute approximate surface area is 105 Å². The quantitative estimate of drug-likeness (QED) is 0.929. The first-order chi connectivity index (χ1) is 7.98. The second-order valence-electron chi connectivity index (χ2n) is 3.91. The van der Waals surface area contributed by atoms with E-state index in [2.05, 4.69) is 16.6 Å². The highest BCUT2D eigenvalue weighted by Crippen LogP contribution is 2.26. The third kappa shape index (κ3) is 3.17. The minimum atomic E-state index is -3.22. The first-order valence-electron chi connectivity index (χ1n) is 5.35. The van der Waals surface area contributed by atoms with Crippen LogP contribution in [0.3, 0.4) is 0 Å². The summed E-state index contributed by atoms with van der Waals surface area (Å²) < 4.78 is 25.7. The molecule has 1 heterocycles. The molecule has 4 nitrogen and oxygen atoms in total. The molecule has 0 radical (unpaired) electrons. The summed E-state index contributed by atoms with van der Waals surface area (Å²) in [5, 5.41) is 1.10. The molecule has 0 amide bonds. The zero-order chi connectivity index (χ0) is 12.5. The zero-order valence-corrected chi connectivity index (χ0v) is 11.4. The Morgan fingerprint density at radius 3 is 2.82 bits per heavy atom. The van der Waals surface area contributed by atoms with Crippen LogP contribution in [-0.4, -0.2) is 19.7 Å². The molecule has 0 saturated carbocycles. The van der Waals surface area contributed by atoms with Gasteiger partial charge in [0.1, 0.15) is 0 Å². The highest BCUT2D eigenvalue weighted by molar-refractivity contribution is 7.92. The molecule has 0 atom stereocenters. The van der Waals surface area contributed by atoms with E-state index in [1.807, 2.05) is 12.1 Å². The lowest BCUT2D eigenvalue weighted by Gasteiger charge is -2.02. The number of nitrogens with one attached hydrogen (secondary N) is 1. The molecule has 0 spiro atoms. The first-order valence-corrected chi connectivity index (χ1v) is 8.06. The smallest absolute Gasteiger partial charge is 0.229 e. The van der Waals surface area contributed by atoms with E-state index in [4.69, 9.17) is 0 Å². The van der Waals surface area contributed by atoms with Gasteiger partial charge in [0.25, 0.3) is 0 Å². The molecule has 2 rings (SSSR count). The lowest BCUT2D eigenvalue weighted by molar-refractivity contribution is 0.607. The van der Waals surface area contributed by atoms with Crippen molar-refractivity contribution in [1.29, 1.82) is 0 Å². The van der Waals surface area contributed by atoms with Crippen LogP contribution in [0.25, 0.3) is 10.2 Å². The predicted molar refractivity (Wildman–Crippen MR) is 72.1 cm³/mol. The number of aromatic nitrogens is 1. The standard InChI is InChI=1S/C11H14N2O2S2/c1-3-4-11-12-9-6-5-8(7-10(9)16-11)13-17(2,14)15/h5-7,13H,3-4H2,1-2H3. The summed E-state index contributed by atoms with van der Waals surface area (Å²) in [5.41, 5.74) is 1.52. The monoisotopic (exact) mass is 270 g/mol. The molecule has 0 aliphatic heterocycles. The number of aryl methyl sites for hydroxylation is 1. The van der Waals surface area contributed by atoms with Crippen molar-refractivity contribution in [3.05, 3.63) is 23.2 Å². The van der Waals surface area contributed by atoms with Crippen molar-refractivity contribution in [2.24, 2.45) is 0 Å². The molecule has 0 fully saturated rings. The largest absolute Gasteiger partial charge is 0.284 e. The number of hydrogen-bond acceptors (Lipinski definition) is 4. The van der Waals surface area contributed by atoms with Crippen LogP contribution < -0.4 is 4.72 Å². The van der Waals surface area contributed by atoms with Crippen LogP contribution in [0.1, 0.15) is 18.4 Å². The Kier molecular flexibility index (Phi) is 3.35. The number of thiazole rings is 1. The molecule has 1 aromatic heterocycles. The maximum Gasteiger partial charge on any atom is 0.229 e. The third-order valence-electron chi connectivity index (χ3n) is 2.20. The summed E-state index contributed by atoms with van der Waals surface area (Å²) in [6, 6.07) is 5.41. The fraction of sp³-hybridized carbons (Fsp3) is 0.364. The molecule has 0 unspecified atom stereocenters. The average molecular weight is 270 g/mol.